The third kappa shape index (κ3) is 2.13. The highest BCUT2D eigenvalue weighted by atomic mass is 35.5. The number of rotatable bonds is 3. The molecule has 2 aromatic rings. The number of benzene rings is 1. The molecule has 0 radical (unpaired) electrons. The van der Waals surface area contributed by atoms with Gasteiger partial charge in [0.15, 0.2) is 0 Å². The number of aromatic amines is 1. The average Bonchev–Trinajstić information content (AvgIpc) is 2.62. The summed E-state index contributed by atoms with van der Waals surface area (Å²) in [5.74, 6) is 4.94. The zero-order valence-corrected chi connectivity index (χ0v) is 9.89. The van der Waals surface area contributed by atoms with E-state index in [1.807, 2.05) is 12.3 Å². The summed E-state index contributed by atoms with van der Waals surface area (Å²) in [4.78, 5) is 3.12. The van der Waals surface area contributed by atoms with E-state index in [4.69, 9.17) is 29.0 Å². The van der Waals surface area contributed by atoms with Crippen LogP contribution in [0.4, 0.5) is 0 Å². The largest absolute Gasteiger partial charge is 0.360 e. The van der Waals surface area contributed by atoms with E-state index in [1.165, 1.54) is 0 Å². The van der Waals surface area contributed by atoms with Crippen molar-refractivity contribution in [3.63, 3.8) is 0 Å². The van der Waals surface area contributed by atoms with Gasteiger partial charge in [-0.2, -0.15) is 5.11 Å². The molecular formula is C10H10Cl2N4. The second-order valence-corrected chi connectivity index (χ2v) is 4.20. The highest BCUT2D eigenvalue weighted by Crippen LogP contribution is 2.29. The second kappa shape index (κ2) is 4.72. The normalized spacial score (nSPS) is 11.6. The van der Waals surface area contributed by atoms with Gasteiger partial charge in [-0.1, -0.05) is 28.4 Å². The van der Waals surface area contributed by atoms with E-state index in [9.17, 15) is 0 Å². The summed E-state index contributed by atoms with van der Waals surface area (Å²) < 4.78 is 0. The SMILES string of the molecule is NN=NCCc1c[nH]c2c(Cl)cc(Cl)cc12. The highest BCUT2D eigenvalue weighted by molar-refractivity contribution is 6.38. The maximum absolute atomic E-state index is 6.06. The van der Waals surface area contributed by atoms with Crippen molar-refractivity contribution in [1.29, 1.82) is 0 Å². The number of halogens is 2. The Bertz CT molecular complexity index is 533. The molecule has 0 unspecified atom stereocenters. The van der Waals surface area contributed by atoms with Crippen LogP contribution >= 0.6 is 23.2 Å². The predicted octanol–water partition coefficient (Wildman–Crippen LogP) is 3.34. The standard InChI is InChI=1S/C10H10Cl2N4/c11-7-3-8-6(1-2-15-16-13)5-14-10(8)9(12)4-7/h3-5,14H,1-2H2,(H2,13,15). The lowest BCUT2D eigenvalue weighted by molar-refractivity contribution is 0.863. The highest BCUT2D eigenvalue weighted by Gasteiger charge is 2.07. The van der Waals surface area contributed by atoms with Crippen LogP contribution in [0.1, 0.15) is 5.56 Å². The maximum atomic E-state index is 6.06. The Kier molecular flexibility index (Phi) is 3.31. The molecule has 1 aromatic heterocycles. The Balaban J connectivity index is 2.39. The van der Waals surface area contributed by atoms with Gasteiger partial charge in [0.05, 0.1) is 17.1 Å². The van der Waals surface area contributed by atoms with Gasteiger partial charge in [0.2, 0.25) is 0 Å². The molecule has 84 valence electrons. The van der Waals surface area contributed by atoms with Crippen LogP contribution in [-0.2, 0) is 6.42 Å². The van der Waals surface area contributed by atoms with Gasteiger partial charge in [0, 0.05) is 16.6 Å². The van der Waals surface area contributed by atoms with E-state index in [2.05, 4.69) is 15.3 Å². The minimum Gasteiger partial charge on any atom is -0.360 e. The Hall–Kier alpha value is -1.26. The Labute approximate surface area is 102 Å². The molecular weight excluding hydrogens is 247 g/mol. The molecule has 16 heavy (non-hydrogen) atoms. The first-order chi connectivity index (χ1) is 7.72. The van der Waals surface area contributed by atoms with E-state index >= 15 is 0 Å². The molecule has 0 spiro atoms. The van der Waals surface area contributed by atoms with E-state index in [-0.39, 0.29) is 0 Å². The van der Waals surface area contributed by atoms with Crippen LogP contribution in [0.25, 0.3) is 10.9 Å². The number of nitrogens with one attached hydrogen (secondary N) is 1. The fourth-order valence-corrected chi connectivity index (χ4v) is 2.19. The Morgan fingerprint density at radius 2 is 2.12 bits per heavy atom. The molecule has 0 aliphatic carbocycles. The summed E-state index contributed by atoms with van der Waals surface area (Å²) in [6, 6.07) is 3.60. The van der Waals surface area contributed by atoms with Gasteiger partial charge in [-0.3, -0.25) is 0 Å². The number of hydrogen-bond donors (Lipinski definition) is 2. The summed E-state index contributed by atoms with van der Waals surface area (Å²) in [5.41, 5.74) is 2.00. The third-order valence-electron chi connectivity index (χ3n) is 2.35. The Morgan fingerprint density at radius 1 is 1.31 bits per heavy atom. The van der Waals surface area contributed by atoms with Crippen molar-refractivity contribution >= 4 is 34.1 Å². The molecule has 2 rings (SSSR count). The smallest absolute Gasteiger partial charge is 0.0661 e. The fourth-order valence-electron chi connectivity index (χ4n) is 1.65. The molecule has 0 fully saturated rings. The number of fused-ring (bicyclic) bond motifs is 1. The first-order valence-electron chi connectivity index (χ1n) is 4.74. The lowest BCUT2D eigenvalue weighted by Crippen LogP contribution is -1.88. The summed E-state index contributed by atoms with van der Waals surface area (Å²) in [5, 5.41) is 9.20. The van der Waals surface area contributed by atoms with Crippen molar-refractivity contribution in [3.05, 3.63) is 33.9 Å². The van der Waals surface area contributed by atoms with Crippen LogP contribution in [0.15, 0.2) is 28.7 Å². The van der Waals surface area contributed by atoms with Crippen LogP contribution < -0.4 is 5.84 Å². The van der Waals surface area contributed by atoms with Crippen LogP contribution in [0.3, 0.4) is 0 Å². The van der Waals surface area contributed by atoms with Crippen LogP contribution in [-0.4, -0.2) is 11.5 Å². The number of hydrogen-bond acceptors (Lipinski definition) is 2. The van der Waals surface area contributed by atoms with Gasteiger partial charge in [0.25, 0.3) is 0 Å². The molecule has 0 bridgehead atoms. The fraction of sp³-hybridized carbons (Fsp3) is 0.200. The molecule has 3 N–H and O–H groups in total. The molecule has 0 atom stereocenters. The number of aromatic nitrogens is 1. The lowest BCUT2D eigenvalue weighted by Gasteiger charge is -1.98. The number of H-pyrrole nitrogens is 1. The predicted molar refractivity (Wildman–Crippen MR) is 65.9 cm³/mol. The molecule has 0 amide bonds. The number of nitrogens with zero attached hydrogens (tertiary/aromatic N) is 2. The quantitative estimate of drug-likeness (QED) is 0.494. The van der Waals surface area contributed by atoms with Gasteiger partial charge in [-0.25, -0.2) is 0 Å². The first kappa shape index (κ1) is 11.2. The molecule has 0 aliphatic heterocycles. The molecule has 6 heteroatoms. The minimum absolute atomic E-state index is 0.549. The summed E-state index contributed by atoms with van der Waals surface area (Å²) >= 11 is 12.0. The third-order valence-corrected chi connectivity index (χ3v) is 2.87. The zero-order chi connectivity index (χ0) is 11.5. The maximum Gasteiger partial charge on any atom is 0.0661 e. The van der Waals surface area contributed by atoms with E-state index < -0.39 is 0 Å². The van der Waals surface area contributed by atoms with Gasteiger partial charge in [0.1, 0.15) is 0 Å². The van der Waals surface area contributed by atoms with E-state index in [1.54, 1.807) is 6.07 Å². The average molecular weight is 257 g/mol. The molecule has 0 aliphatic rings. The van der Waals surface area contributed by atoms with Gasteiger partial charge in [-0.15, -0.1) is 0 Å². The second-order valence-electron chi connectivity index (χ2n) is 3.35. The van der Waals surface area contributed by atoms with Crippen LogP contribution in [0, 0.1) is 0 Å². The van der Waals surface area contributed by atoms with Gasteiger partial charge < -0.3 is 10.8 Å². The molecule has 4 nitrogen and oxygen atoms in total. The Morgan fingerprint density at radius 3 is 2.88 bits per heavy atom. The topological polar surface area (TPSA) is 66.5 Å². The minimum atomic E-state index is 0.549. The first-order valence-corrected chi connectivity index (χ1v) is 5.49. The van der Waals surface area contributed by atoms with Crippen molar-refractivity contribution in [3.8, 4) is 0 Å². The number of nitrogens with two attached hydrogens (primary N) is 1. The molecule has 1 aromatic carbocycles. The summed E-state index contributed by atoms with van der Waals surface area (Å²) in [6.45, 7) is 0.549. The molecule has 0 saturated carbocycles. The van der Waals surface area contributed by atoms with Crippen LogP contribution in [0.5, 0.6) is 0 Å². The van der Waals surface area contributed by atoms with Crippen molar-refractivity contribution in [2.75, 3.05) is 6.54 Å². The van der Waals surface area contributed by atoms with E-state index in [0.717, 1.165) is 22.9 Å². The van der Waals surface area contributed by atoms with Crippen LogP contribution in [0.2, 0.25) is 10.0 Å². The summed E-state index contributed by atoms with van der Waals surface area (Å²) in [7, 11) is 0. The van der Waals surface area contributed by atoms with Crippen molar-refractivity contribution in [2.45, 2.75) is 6.42 Å². The summed E-state index contributed by atoms with van der Waals surface area (Å²) in [6.07, 6.45) is 2.65. The van der Waals surface area contributed by atoms with Crippen molar-refractivity contribution in [2.24, 2.45) is 16.2 Å². The lowest BCUT2D eigenvalue weighted by atomic mass is 10.1. The molecule has 1 heterocycles. The van der Waals surface area contributed by atoms with Gasteiger partial charge in [-0.05, 0) is 24.1 Å². The van der Waals surface area contributed by atoms with Crippen molar-refractivity contribution in [1.82, 2.24) is 4.98 Å². The van der Waals surface area contributed by atoms with Crippen molar-refractivity contribution < 1.29 is 0 Å². The zero-order valence-electron chi connectivity index (χ0n) is 8.37. The monoisotopic (exact) mass is 256 g/mol. The van der Waals surface area contributed by atoms with E-state index in [0.29, 0.717) is 16.6 Å². The molecule has 0 saturated heterocycles. The van der Waals surface area contributed by atoms with Gasteiger partial charge >= 0.3 is 0 Å².